The van der Waals surface area contributed by atoms with E-state index in [1.54, 1.807) is 32.9 Å². The van der Waals surface area contributed by atoms with E-state index in [9.17, 15) is 14.9 Å². The van der Waals surface area contributed by atoms with E-state index < -0.39 is 16.4 Å². The van der Waals surface area contributed by atoms with Gasteiger partial charge in [-0.05, 0) is 26.8 Å². The van der Waals surface area contributed by atoms with E-state index in [2.05, 4.69) is 5.32 Å². The lowest BCUT2D eigenvalue weighted by Gasteiger charge is -2.23. The molecule has 0 aliphatic carbocycles. The number of nitro groups is 1. The zero-order valence-corrected chi connectivity index (χ0v) is 9.98. The standard InChI is InChI=1S/C11H15N3O3/c1-7-4-5-8(6-9(7)14(16)17)13-11(2,3)10(12)15/h4-6,13H,1-3H3,(H2,12,15). The molecule has 0 aliphatic heterocycles. The summed E-state index contributed by atoms with van der Waals surface area (Å²) in [7, 11) is 0. The van der Waals surface area contributed by atoms with Crippen LogP contribution in [0.5, 0.6) is 0 Å². The van der Waals surface area contributed by atoms with Crippen LogP contribution in [0.4, 0.5) is 11.4 Å². The van der Waals surface area contributed by atoms with Crippen LogP contribution in [0.3, 0.4) is 0 Å². The van der Waals surface area contributed by atoms with Gasteiger partial charge in [0.2, 0.25) is 5.91 Å². The topological polar surface area (TPSA) is 98.3 Å². The van der Waals surface area contributed by atoms with Crippen molar-refractivity contribution in [2.24, 2.45) is 5.73 Å². The first-order valence-electron chi connectivity index (χ1n) is 5.07. The molecule has 3 N–H and O–H groups in total. The molecule has 0 bridgehead atoms. The molecule has 0 aromatic heterocycles. The average molecular weight is 237 g/mol. The summed E-state index contributed by atoms with van der Waals surface area (Å²) in [5.41, 5.74) is 5.32. The maximum absolute atomic E-state index is 11.1. The third-order valence-electron chi connectivity index (χ3n) is 2.48. The highest BCUT2D eigenvalue weighted by molar-refractivity contribution is 5.87. The number of hydrogen-bond donors (Lipinski definition) is 2. The van der Waals surface area contributed by atoms with Crippen LogP contribution >= 0.6 is 0 Å². The highest BCUT2D eigenvalue weighted by atomic mass is 16.6. The van der Waals surface area contributed by atoms with Crippen molar-refractivity contribution in [3.8, 4) is 0 Å². The first kappa shape index (κ1) is 13.0. The molecular formula is C11H15N3O3. The second kappa shape index (κ2) is 4.40. The normalized spacial score (nSPS) is 11.0. The molecular weight excluding hydrogens is 222 g/mol. The lowest BCUT2D eigenvalue weighted by atomic mass is 10.0. The van der Waals surface area contributed by atoms with Gasteiger partial charge in [0.15, 0.2) is 0 Å². The van der Waals surface area contributed by atoms with Crippen molar-refractivity contribution in [1.29, 1.82) is 0 Å². The van der Waals surface area contributed by atoms with Crippen molar-refractivity contribution in [3.63, 3.8) is 0 Å². The lowest BCUT2D eigenvalue weighted by molar-refractivity contribution is -0.385. The third kappa shape index (κ3) is 2.93. The number of benzene rings is 1. The van der Waals surface area contributed by atoms with Gasteiger partial charge in [-0.15, -0.1) is 0 Å². The molecule has 0 spiro atoms. The number of nitrogens with one attached hydrogen (secondary N) is 1. The van der Waals surface area contributed by atoms with Crippen molar-refractivity contribution in [2.45, 2.75) is 26.3 Å². The Morgan fingerprint density at radius 1 is 1.47 bits per heavy atom. The number of carbonyl (C=O) groups is 1. The Kier molecular flexibility index (Phi) is 3.36. The predicted molar refractivity (Wildman–Crippen MR) is 64.7 cm³/mol. The average Bonchev–Trinajstić information content (AvgIpc) is 2.20. The summed E-state index contributed by atoms with van der Waals surface area (Å²) in [4.78, 5) is 21.4. The van der Waals surface area contributed by atoms with E-state index in [1.165, 1.54) is 6.07 Å². The number of nitrogens with two attached hydrogens (primary N) is 1. The maximum Gasteiger partial charge on any atom is 0.274 e. The van der Waals surface area contributed by atoms with Gasteiger partial charge in [0.1, 0.15) is 5.54 Å². The van der Waals surface area contributed by atoms with E-state index in [1.807, 2.05) is 0 Å². The maximum atomic E-state index is 11.1. The zero-order valence-electron chi connectivity index (χ0n) is 9.98. The Balaban J connectivity index is 3.05. The number of rotatable bonds is 4. The Morgan fingerprint density at radius 2 is 2.06 bits per heavy atom. The van der Waals surface area contributed by atoms with Crippen molar-refractivity contribution < 1.29 is 9.72 Å². The van der Waals surface area contributed by atoms with Gasteiger partial charge in [0, 0.05) is 17.3 Å². The molecule has 0 saturated heterocycles. The second-order valence-corrected chi connectivity index (χ2v) is 4.37. The minimum Gasteiger partial charge on any atom is -0.371 e. The summed E-state index contributed by atoms with van der Waals surface area (Å²) < 4.78 is 0. The first-order chi connectivity index (χ1) is 7.74. The van der Waals surface area contributed by atoms with Crippen molar-refractivity contribution in [1.82, 2.24) is 0 Å². The van der Waals surface area contributed by atoms with Gasteiger partial charge < -0.3 is 11.1 Å². The highest BCUT2D eigenvalue weighted by Crippen LogP contribution is 2.24. The molecule has 6 heteroatoms. The molecule has 0 heterocycles. The van der Waals surface area contributed by atoms with Gasteiger partial charge in [-0.3, -0.25) is 14.9 Å². The van der Waals surface area contributed by atoms with Gasteiger partial charge >= 0.3 is 0 Å². The highest BCUT2D eigenvalue weighted by Gasteiger charge is 2.25. The Hall–Kier alpha value is -2.11. The summed E-state index contributed by atoms with van der Waals surface area (Å²) in [5, 5.41) is 13.6. The number of primary amides is 1. The van der Waals surface area contributed by atoms with E-state index in [0.717, 1.165) is 0 Å². The Bertz CT molecular complexity index is 469. The van der Waals surface area contributed by atoms with Crippen LogP contribution in [0.25, 0.3) is 0 Å². The van der Waals surface area contributed by atoms with Crippen molar-refractivity contribution in [3.05, 3.63) is 33.9 Å². The van der Waals surface area contributed by atoms with E-state index >= 15 is 0 Å². The molecule has 1 aromatic rings. The van der Waals surface area contributed by atoms with E-state index in [4.69, 9.17) is 5.73 Å². The Labute approximate surface area is 99.0 Å². The fourth-order valence-electron chi connectivity index (χ4n) is 1.31. The molecule has 0 fully saturated rings. The van der Waals surface area contributed by atoms with Crippen LogP contribution in [0.1, 0.15) is 19.4 Å². The molecule has 0 radical (unpaired) electrons. The lowest BCUT2D eigenvalue weighted by Crippen LogP contribution is -2.45. The zero-order chi connectivity index (χ0) is 13.2. The molecule has 1 rings (SSSR count). The molecule has 6 nitrogen and oxygen atoms in total. The van der Waals surface area contributed by atoms with Crippen LogP contribution in [0.15, 0.2) is 18.2 Å². The van der Waals surface area contributed by atoms with E-state index in [0.29, 0.717) is 11.3 Å². The number of anilines is 1. The van der Waals surface area contributed by atoms with Crippen LogP contribution < -0.4 is 11.1 Å². The number of nitrogens with zero attached hydrogens (tertiary/aromatic N) is 1. The molecule has 0 aliphatic rings. The molecule has 0 saturated carbocycles. The van der Waals surface area contributed by atoms with Crippen LogP contribution in [0, 0.1) is 17.0 Å². The summed E-state index contributed by atoms with van der Waals surface area (Å²) in [5.74, 6) is -0.527. The van der Waals surface area contributed by atoms with Crippen molar-refractivity contribution >= 4 is 17.3 Å². The summed E-state index contributed by atoms with van der Waals surface area (Å²) in [6.07, 6.45) is 0. The number of amides is 1. The summed E-state index contributed by atoms with van der Waals surface area (Å²) in [6, 6.07) is 4.69. The predicted octanol–water partition coefficient (Wildman–Crippen LogP) is 1.58. The monoisotopic (exact) mass is 237 g/mol. The van der Waals surface area contributed by atoms with Crippen LogP contribution in [0.2, 0.25) is 0 Å². The summed E-state index contributed by atoms with van der Waals surface area (Å²) >= 11 is 0. The first-order valence-corrected chi connectivity index (χ1v) is 5.07. The van der Waals surface area contributed by atoms with Crippen LogP contribution in [-0.2, 0) is 4.79 Å². The molecule has 17 heavy (non-hydrogen) atoms. The Morgan fingerprint density at radius 3 is 2.53 bits per heavy atom. The fourth-order valence-corrected chi connectivity index (χ4v) is 1.31. The van der Waals surface area contributed by atoms with Crippen molar-refractivity contribution in [2.75, 3.05) is 5.32 Å². The van der Waals surface area contributed by atoms with Crippen LogP contribution in [-0.4, -0.2) is 16.4 Å². The number of hydrogen-bond acceptors (Lipinski definition) is 4. The van der Waals surface area contributed by atoms with Gasteiger partial charge in [-0.25, -0.2) is 0 Å². The molecule has 1 aromatic carbocycles. The molecule has 0 atom stereocenters. The number of aryl methyl sites for hydroxylation is 1. The van der Waals surface area contributed by atoms with E-state index in [-0.39, 0.29) is 5.69 Å². The molecule has 0 unspecified atom stereocenters. The van der Waals surface area contributed by atoms with Gasteiger partial charge in [0.25, 0.3) is 5.69 Å². The second-order valence-electron chi connectivity index (χ2n) is 4.37. The SMILES string of the molecule is Cc1ccc(NC(C)(C)C(N)=O)cc1[N+](=O)[O-]. The minimum atomic E-state index is -0.955. The smallest absolute Gasteiger partial charge is 0.274 e. The molecule has 92 valence electrons. The summed E-state index contributed by atoms with van der Waals surface area (Å²) in [6.45, 7) is 4.88. The van der Waals surface area contributed by atoms with Gasteiger partial charge in [0.05, 0.1) is 4.92 Å². The third-order valence-corrected chi connectivity index (χ3v) is 2.48. The fraction of sp³-hybridized carbons (Fsp3) is 0.364. The molecule has 1 amide bonds. The quantitative estimate of drug-likeness (QED) is 0.613. The largest absolute Gasteiger partial charge is 0.371 e. The van der Waals surface area contributed by atoms with Gasteiger partial charge in [-0.2, -0.15) is 0 Å². The number of nitro benzene ring substituents is 1. The van der Waals surface area contributed by atoms with Gasteiger partial charge in [-0.1, -0.05) is 6.07 Å². The minimum absolute atomic E-state index is 0.00951. The number of carbonyl (C=O) groups excluding carboxylic acids is 1.